The largest absolute Gasteiger partial charge is 0.0782 e. The van der Waals surface area contributed by atoms with Crippen molar-refractivity contribution in [1.29, 1.82) is 0 Å². The molecule has 0 N–H and O–H groups in total. The summed E-state index contributed by atoms with van der Waals surface area (Å²) in [6, 6.07) is 0. The van der Waals surface area contributed by atoms with Crippen LogP contribution in [0.4, 0.5) is 0 Å². The summed E-state index contributed by atoms with van der Waals surface area (Å²) >= 11 is 0. The fraction of sp³-hybridized carbons (Fsp3) is 0.846. The van der Waals surface area contributed by atoms with Crippen LogP contribution in [0.2, 0.25) is 0 Å². The smallest absolute Gasteiger partial charge is 0.00553 e. The van der Waals surface area contributed by atoms with Gasteiger partial charge in [-0.25, -0.2) is 0 Å². The standard InChI is InChI=1S/C13H24/c1-5-8-9-13(7-3)10-12(6-2)11(13)4/h10-11H,5-9H2,1-4H3. The second kappa shape index (κ2) is 4.30. The Balaban J connectivity index is 2.59. The summed E-state index contributed by atoms with van der Waals surface area (Å²) in [6.07, 6.45) is 9.29. The van der Waals surface area contributed by atoms with Crippen LogP contribution in [-0.4, -0.2) is 0 Å². The molecule has 0 aromatic carbocycles. The summed E-state index contributed by atoms with van der Waals surface area (Å²) in [5.74, 6) is 0.856. The van der Waals surface area contributed by atoms with E-state index < -0.39 is 0 Å². The quantitative estimate of drug-likeness (QED) is 0.544. The van der Waals surface area contributed by atoms with Crippen LogP contribution in [0.3, 0.4) is 0 Å². The van der Waals surface area contributed by atoms with Crippen molar-refractivity contribution in [3.63, 3.8) is 0 Å². The van der Waals surface area contributed by atoms with E-state index in [1.54, 1.807) is 5.57 Å². The van der Waals surface area contributed by atoms with Crippen LogP contribution in [0.15, 0.2) is 11.6 Å². The minimum absolute atomic E-state index is 0.585. The molecule has 0 aromatic heterocycles. The summed E-state index contributed by atoms with van der Waals surface area (Å²) in [5, 5.41) is 0. The molecule has 1 aliphatic rings. The lowest BCUT2D eigenvalue weighted by Gasteiger charge is -2.46. The molecule has 1 aliphatic carbocycles. The first kappa shape index (κ1) is 10.8. The molecule has 0 aliphatic heterocycles. The van der Waals surface area contributed by atoms with Crippen LogP contribution in [0, 0.1) is 11.3 Å². The summed E-state index contributed by atoms with van der Waals surface area (Å²) < 4.78 is 0. The van der Waals surface area contributed by atoms with Crippen molar-refractivity contribution in [3.8, 4) is 0 Å². The lowest BCUT2D eigenvalue weighted by molar-refractivity contribution is 0.194. The summed E-state index contributed by atoms with van der Waals surface area (Å²) in [7, 11) is 0. The molecule has 1 rings (SSSR count). The molecule has 0 heteroatoms. The van der Waals surface area contributed by atoms with Crippen molar-refractivity contribution in [2.24, 2.45) is 11.3 Å². The first-order valence-electron chi connectivity index (χ1n) is 5.91. The molecule has 0 spiro atoms. The molecule has 13 heavy (non-hydrogen) atoms. The molecule has 0 radical (unpaired) electrons. The fourth-order valence-electron chi connectivity index (χ4n) is 2.68. The van der Waals surface area contributed by atoms with Gasteiger partial charge in [0.25, 0.3) is 0 Å². The van der Waals surface area contributed by atoms with E-state index in [-0.39, 0.29) is 0 Å². The van der Waals surface area contributed by atoms with Gasteiger partial charge in [0.1, 0.15) is 0 Å². The summed E-state index contributed by atoms with van der Waals surface area (Å²) in [5.41, 5.74) is 2.28. The van der Waals surface area contributed by atoms with E-state index >= 15 is 0 Å². The van der Waals surface area contributed by atoms with Gasteiger partial charge in [0.2, 0.25) is 0 Å². The maximum Gasteiger partial charge on any atom is -0.00553 e. The number of hydrogen-bond acceptors (Lipinski definition) is 0. The Morgan fingerprint density at radius 1 is 1.31 bits per heavy atom. The molecule has 0 aromatic rings. The van der Waals surface area contributed by atoms with Crippen LogP contribution in [0.1, 0.15) is 59.8 Å². The Hall–Kier alpha value is -0.260. The maximum absolute atomic E-state index is 2.56. The zero-order valence-corrected chi connectivity index (χ0v) is 9.69. The molecule has 0 bridgehead atoms. The van der Waals surface area contributed by atoms with Gasteiger partial charge >= 0.3 is 0 Å². The predicted molar refractivity (Wildman–Crippen MR) is 59.8 cm³/mol. The normalized spacial score (nSPS) is 32.6. The van der Waals surface area contributed by atoms with Crippen molar-refractivity contribution in [2.45, 2.75) is 59.8 Å². The number of allylic oxidation sites excluding steroid dienone is 2. The molecule has 2 unspecified atom stereocenters. The Morgan fingerprint density at radius 3 is 2.38 bits per heavy atom. The molecule has 2 atom stereocenters. The molecule has 0 heterocycles. The highest BCUT2D eigenvalue weighted by molar-refractivity contribution is 5.27. The van der Waals surface area contributed by atoms with E-state index in [1.807, 2.05) is 0 Å². The van der Waals surface area contributed by atoms with Gasteiger partial charge in [-0.2, -0.15) is 0 Å². The Bertz CT molecular complexity index is 190. The second-order valence-corrected chi connectivity index (χ2v) is 4.48. The maximum atomic E-state index is 2.56. The topological polar surface area (TPSA) is 0 Å². The molecule has 0 saturated carbocycles. The van der Waals surface area contributed by atoms with Gasteiger partial charge in [-0.1, -0.05) is 52.2 Å². The highest BCUT2D eigenvalue weighted by atomic mass is 14.4. The van der Waals surface area contributed by atoms with Crippen molar-refractivity contribution >= 4 is 0 Å². The Morgan fingerprint density at radius 2 is 2.00 bits per heavy atom. The monoisotopic (exact) mass is 180 g/mol. The average molecular weight is 180 g/mol. The van der Waals surface area contributed by atoms with Gasteiger partial charge in [0, 0.05) is 0 Å². The number of unbranched alkanes of at least 4 members (excludes halogenated alkanes) is 1. The van der Waals surface area contributed by atoms with E-state index in [9.17, 15) is 0 Å². The molecule has 76 valence electrons. The van der Waals surface area contributed by atoms with Crippen LogP contribution < -0.4 is 0 Å². The first-order chi connectivity index (χ1) is 6.20. The summed E-state index contributed by atoms with van der Waals surface area (Å²) in [6.45, 7) is 9.33. The van der Waals surface area contributed by atoms with E-state index in [4.69, 9.17) is 0 Å². The number of rotatable bonds is 5. The van der Waals surface area contributed by atoms with Crippen molar-refractivity contribution in [3.05, 3.63) is 11.6 Å². The lowest BCUT2D eigenvalue weighted by Crippen LogP contribution is -2.36. The Labute approximate surface area is 83.4 Å². The number of hydrogen-bond donors (Lipinski definition) is 0. The van der Waals surface area contributed by atoms with Gasteiger partial charge in [-0.3, -0.25) is 0 Å². The molecule has 0 fully saturated rings. The molecule has 0 nitrogen and oxygen atoms in total. The van der Waals surface area contributed by atoms with Gasteiger partial charge in [-0.05, 0) is 30.6 Å². The SMILES string of the molecule is CCCCC1(CC)C=C(CC)C1C. The third kappa shape index (κ3) is 1.82. The van der Waals surface area contributed by atoms with Crippen LogP contribution >= 0.6 is 0 Å². The Kier molecular flexibility index (Phi) is 3.58. The minimum Gasteiger partial charge on any atom is -0.0782 e. The van der Waals surface area contributed by atoms with Crippen LogP contribution in [-0.2, 0) is 0 Å². The van der Waals surface area contributed by atoms with Gasteiger partial charge in [-0.15, -0.1) is 0 Å². The molecule has 0 saturated heterocycles. The second-order valence-electron chi connectivity index (χ2n) is 4.48. The third-order valence-electron chi connectivity index (χ3n) is 3.95. The molecule has 0 amide bonds. The highest BCUT2D eigenvalue weighted by Crippen LogP contribution is 2.51. The van der Waals surface area contributed by atoms with Gasteiger partial charge < -0.3 is 0 Å². The zero-order chi connectivity index (χ0) is 9.90. The minimum atomic E-state index is 0.585. The molecular weight excluding hydrogens is 156 g/mol. The van der Waals surface area contributed by atoms with Gasteiger partial charge in [0.15, 0.2) is 0 Å². The van der Waals surface area contributed by atoms with Crippen molar-refractivity contribution in [2.75, 3.05) is 0 Å². The van der Waals surface area contributed by atoms with Gasteiger partial charge in [0.05, 0.1) is 0 Å². The van der Waals surface area contributed by atoms with E-state index in [0.717, 1.165) is 5.92 Å². The van der Waals surface area contributed by atoms with Crippen molar-refractivity contribution in [1.82, 2.24) is 0 Å². The van der Waals surface area contributed by atoms with Crippen LogP contribution in [0.5, 0.6) is 0 Å². The molecular formula is C13H24. The lowest BCUT2D eigenvalue weighted by atomic mass is 9.58. The highest BCUT2D eigenvalue weighted by Gasteiger charge is 2.40. The third-order valence-corrected chi connectivity index (χ3v) is 3.95. The van der Waals surface area contributed by atoms with E-state index in [0.29, 0.717) is 5.41 Å². The van der Waals surface area contributed by atoms with E-state index in [1.165, 1.54) is 32.1 Å². The summed E-state index contributed by atoms with van der Waals surface area (Å²) in [4.78, 5) is 0. The zero-order valence-electron chi connectivity index (χ0n) is 9.69. The average Bonchev–Trinajstić information content (AvgIpc) is 2.17. The fourth-order valence-corrected chi connectivity index (χ4v) is 2.68. The van der Waals surface area contributed by atoms with E-state index in [2.05, 4.69) is 33.8 Å². The van der Waals surface area contributed by atoms with Crippen molar-refractivity contribution < 1.29 is 0 Å². The predicted octanol–water partition coefficient (Wildman–Crippen LogP) is 4.56. The first-order valence-corrected chi connectivity index (χ1v) is 5.91. The van der Waals surface area contributed by atoms with Crippen LogP contribution in [0.25, 0.3) is 0 Å².